The van der Waals surface area contributed by atoms with Crippen LogP contribution in [-0.4, -0.2) is 5.11 Å². The van der Waals surface area contributed by atoms with Crippen LogP contribution in [0, 0.1) is 0 Å². The van der Waals surface area contributed by atoms with Gasteiger partial charge in [0.1, 0.15) is 34.6 Å². The molecule has 4 nitrogen and oxygen atoms in total. The van der Waals surface area contributed by atoms with E-state index in [1.165, 1.54) is 0 Å². The Labute approximate surface area is 197 Å². The summed E-state index contributed by atoms with van der Waals surface area (Å²) in [6, 6.07) is 36.1. The highest BCUT2D eigenvalue weighted by molar-refractivity contribution is 7.98. The number of hydrogen-bond donors (Lipinski definition) is 1. The van der Waals surface area contributed by atoms with Gasteiger partial charge in [-0.2, -0.15) is 0 Å². The van der Waals surface area contributed by atoms with Gasteiger partial charge in [-0.15, -0.1) is 0 Å². The van der Waals surface area contributed by atoms with Crippen molar-refractivity contribution in [3.05, 3.63) is 137 Å². The van der Waals surface area contributed by atoms with Crippen molar-refractivity contribution in [1.82, 2.24) is 0 Å². The number of hydrogen-bond acceptors (Lipinski definition) is 4. The van der Waals surface area contributed by atoms with Crippen LogP contribution in [0.2, 0.25) is 0 Å². The summed E-state index contributed by atoms with van der Waals surface area (Å²) in [6.45, 7) is 0. The molecule has 0 spiro atoms. The lowest BCUT2D eigenvalue weighted by Crippen LogP contribution is -2.30. The Morgan fingerprint density at radius 2 is 1.15 bits per heavy atom. The molecule has 0 aliphatic rings. The summed E-state index contributed by atoms with van der Waals surface area (Å²) in [5.74, 6) is 0.761. The maximum Gasteiger partial charge on any atom is 0.346 e. The van der Waals surface area contributed by atoms with E-state index in [1.54, 1.807) is 30.1 Å². The molecule has 0 atom stereocenters. The van der Waals surface area contributed by atoms with E-state index in [0.717, 1.165) is 15.9 Å². The summed E-state index contributed by atoms with van der Waals surface area (Å²) in [4.78, 5) is 12.8. The number of rotatable bonds is 5. The minimum absolute atomic E-state index is 0.198. The molecule has 5 aromatic rings. The van der Waals surface area contributed by atoms with E-state index >= 15 is 0 Å². The van der Waals surface area contributed by atoms with Gasteiger partial charge in [-0.05, 0) is 42.5 Å². The highest BCUT2D eigenvalue weighted by atomic mass is 31.2. The third-order valence-electron chi connectivity index (χ3n) is 5.83. The van der Waals surface area contributed by atoms with Crippen LogP contribution in [0.5, 0.6) is 5.75 Å². The zero-order valence-corrected chi connectivity index (χ0v) is 19.1. The minimum atomic E-state index is -2.61. The predicted molar refractivity (Wildman–Crippen MR) is 138 cm³/mol. The first-order valence-electron chi connectivity index (χ1n) is 10.8. The van der Waals surface area contributed by atoms with E-state index in [-0.39, 0.29) is 22.3 Å². The van der Waals surface area contributed by atoms with Crippen molar-refractivity contribution >= 4 is 39.9 Å². The molecule has 1 N–H and O–H groups in total. The minimum Gasteiger partial charge on any atom is -0.871 e. The third kappa shape index (κ3) is 3.68. The normalized spacial score (nSPS) is 12.1. The number of benzene rings is 4. The number of aliphatic hydroxyl groups excluding tert-OH is 1. The summed E-state index contributed by atoms with van der Waals surface area (Å²) in [5.41, 5.74) is -1.01. The van der Waals surface area contributed by atoms with Crippen LogP contribution in [0.25, 0.3) is 16.7 Å². The van der Waals surface area contributed by atoms with E-state index in [1.807, 2.05) is 91.0 Å². The Hall–Kier alpha value is -4.14. The molecule has 166 valence electrons. The fourth-order valence-electron chi connectivity index (χ4n) is 4.25. The molecule has 0 saturated heterocycles. The van der Waals surface area contributed by atoms with Crippen LogP contribution in [0.1, 0.15) is 5.56 Å². The van der Waals surface area contributed by atoms with E-state index in [9.17, 15) is 15.0 Å². The Morgan fingerprint density at radius 3 is 1.65 bits per heavy atom. The van der Waals surface area contributed by atoms with E-state index in [0.29, 0.717) is 0 Å². The second kappa shape index (κ2) is 9.01. The van der Waals surface area contributed by atoms with E-state index in [4.69, 9.17) is 4.42 Å². The van der Waals surface area contributed by atoms with Crippen molar-refractivity contribution in [3.8, 4) is 5.75 Å². The van der Waals surface area contributed by atoms with Crippen LogP contribution < -0.4 is 26.6 Å². The summed E-state index contributed by atoms with van der Waals surface area (Å²) < 4.78 is 5.38. The highest BCUT2D eigenvalue weighted by Crippen LogP contribution is 2.58. The van der Waals surface area contributed by atoms with Crippen molar-refractivity contribution in [1.29, 1.82) is 0 Å². The summed E-state index contributed by atoms with van der Waals surface area (Å²) >= 11 is 0. The largest absolute Gasteiger partial charge is 0.871 e. The van der Waals surface area contributed by atoms with Crippen LogP contribution in [0.15, 0.2) is 130 Å². The second-order valence-electron chi connectivity index (χ2n) is 7.83. The lowest BCUT2D eigenvalue weighted by Gasteiger charge is -2.25. The van der Waals surface area contributed by atoms with Crippen molar-refractivity contribution in [3.63, 3.8) is 0 Å². The van der Waals surface area contributed by atoms with Gasteiger partial charge in [-0.1, -0.05) is 78.5 Å². The molecule has 4 aromatic carbocycles. The molecular weight excluding hydrogens is 443 g/mol. The van der Waals surface area contributed by atoms with E-state index < -0.39 is 18.6 Å². The van der Waals surface area contributed by atoms with Crippen molar-refractivity contribution < 1.29 is 14.6 Å². The zero-order valence-electron chi connectivity index (χ0n) is 18.2. The topological polar surface area (TPSA) is 73.5 Å². The lowest BCUT2D eigenvalue weighted by atomic mass is 10.1. The monoisotopic (exact) mass is 464 g/mol. The van der Waals surface area contributed by atoms with Gasteiger partial charge in [0.05, 0.1) is 5.56 Å². The smallest absolute Gasteiger partial charge is 0.346 e. The first-order valence-corrected chi connectivity index (χ1v) is 12.7. The molecule has 0 aliphatic heterocycles. The maximum atomic E-state index is 13.2. The quantitative estimate of drug-likeness (QED) is 0.232. The molecule has 0 aliphatic carbocycles. The molecule has 34 heavy (non-hydrogen) atoms. The van der Waals surface area contributed by atoms with E-state index in [2.05, 4.69) is 0 Å². The van der Waals surface area contributed by atoms with Crippen LogP contribution in [-0.2, 0) is 0 Å². The van der Waals surface area contributed by atoms with Gasteiger partial charge in [-0.25, -0.2) is 4.79 Å². The molecular formula is C29H21O4P. The molecule has 5 rings (SSSR count). The average Bonchev–Trinajstić information content (AvgIpc) is 2.89. The first-order chi connectivity index (χ1) is 16.6. The lowest BCUT2D eigenvalue weighted by molar-refractivity contribution is -0.266. The zero-order chi connectivity index (χ0) is 23.5. The van der Waals surface area contributed by atoms with Crippen LogP contribution >= 0.6 is 7.26 Å². The number of para-hydroxylation sites is 1. The van der Waals surface area contributed by atoms with Crippen LogP contribution in [0.3, 0.4) is 0 Å². The first kappa shape index (κ1) is 21.7. The van der Waals surface area contributed by atoms with Gasteiger partial charge in [0.15, 0.2) is 5.76 Å². The number of aliphatic hydroxyl groups is 1. The Balaban J connectivity index is 1.86. The number of fused-ring (bicyclic) bond motifs is 1. The Bertz CT molecular complexity index is 1430. The molecule has 5 heteroatoms. The molecule has 0 fully saturated rings. The van der Waals surface area contributed by atoms with Gasteiger partial charge < -0.3 is 14.6 Å². The Kier molecular flexibility index (Phi) is 5.75. The third-order valence-corrected chi connectivity index (χ3v) is 9.80. The van der Waals surface area contributed by atoms with Crippen LogP contribution in [0.4, 0.5) is 0 Å². The van der Waals surface area contributed by atoms with Gasteiger partial charge in [0.25, 0.3) is 0 Å². The fourth-order valence-corrected chi connectivity index (χ4v) is 8.02. The molecule has 0 saturated carbocycles. The molecule has 0 radical (unpaired) electrons. The summed E-state index contributed by atoms with van der Waals surface area (Å²) in [5, 5.41) is 27.8. The van der Waals surface area contributed by atoms with Gasteiger partial charge in [-0.3, -0.25) is 0 Å². The van der Waals surface area contributed by atoms with Crippen molar-refractivity contribution in [2.24, 2.45) is 0 Å². The summed E-state index contributed by atoms with van der Waals surface area (Å²) in [6.07, 6.45) is 0. The molecule has 1 aromatic heterocycles. The fraction of sp³-hybridized carbons (Fsp3) is 0. The summed E-state index contributed by atoms with van der Waals surface area (Å²) in [7, 11) is -2.61. The molecule has 0 amide bonds. The molecule has 0 bridgehead atoms. The standard InChI is InChI=1S/C29H21O4P/c30-25(27-28(31)24-18-10-11-19-26(24)33-29(27)32)20-34(21-12-4-1-5-13-21,22-14-6-2-7-15-22)23-16-8-3-9-17-23/h1-20H,(H-,30,31,32)/b25-20-. The van der Waals surface area contributed by atoms with Gasteiger partial charge in [0.2, 0.25) is 0 Å². The van der Waals surface area contributed by atoms with Crippen molar-refractivity contribution in [2.45, 2.75) is 0 Å². The molecule has 0 unspecified atom stereocenters. The van der Waals surface area contributed by atoms with Gasteiger partial charge >= 0.3 is 5.63 Å². The molecule has 1 heterocycles. The average molecular weight is 464 g/mol. The highest BCUT2D eigenvalue weighted by Gasteiger charge is 2.44. The maximum absolute atomic E-state index is 13.2. The van der Waals surface area contributed by atoms with Crippen molar-refractivity contribution in [2.75, 3.05) is 0 Å². The predicted octanol–water partition coefficient (Wildman–Crippen LogP) is 4.72. The second-order valence-corrected chi connectivity index (χ2v) is 11.1. The van der Waals surface area contributed by atoms with Gasteiger partial charge in [0, 0.05) is 5.39 Å². The SMILES string of the molecule is O=c1oc2ccccc2c([O-])c1/C(O)=C/[P+](c1ccccc1)(c1ccccc1)c1ccccc1. The Morgan fingerprint density at radius 1 is 0.706 bits per heavy atom.